The molecular formula is C17H22N6O. The van der Waals surface area contributed by atoms with Crippen molar-refractivity contribution in [1.29, 1.82) is 0 Å². The van der Waals surface area contributed by atoms with Gasteiger partial charge < -0.3 is 10.2 Å². The minimum Gasteiger partial charge on any atom is -0.367 e. The molecule has 2 aromatic heterocycles. The molecule has 24 heavy (non-hydrogen) atoms. The Balaban J connectivity index is 1.38. The van der Waals surface area contributed by atoms with Crippen molar-refractivity contribution in [3.8, 4) is 0 Å². The van der Waals surface area contributed by atoms with E-state index >= 15 is 0 Å². The van der Waals surface area contributed by atoms with Crippen LogP contribution in [0.1, 0.15) is 41.0 Å². The van der Waals surface area contributed by atoms with Crippen LogP contribution in [0.5, 0.6) is 0 Å². The number of amides is 1. The third-order valence-electron chi connectivity index (χ3n) is 5.04. The Labute approximate surface area is 141 Å². The third-order valence-corrected chi connectivity index (χ3v) is 5.04. The van der Waals surface area contributed by atoms with E-state index in [1.54, 1.807) is 30.3 Å². The molecule has 4 rings (SSSR count). The molecule has 1 aliphatic carbocycles. The second-order valence-corrected chi connectivity index (χ2v) is 6.55. The molecule has 1 aliphatic heterocycles. The van der Waals surface area contributed by atoms with Crippen LogP contribution in [0.2, 0.25) is 0 Å². The molecule has 0 bridgehead atoms. The predicted octanol–water partition coefficient (Wildman–Crippen LogP) is 1.42. The summed E-state index contributed by atoms with van der Waals surface area (Å²) in [6.45, 7) is 1.52. The van der Waals surface area contributed by atoms with E-state index in [-0.39, 0.29) is 5.91 Å². The third kappa shape index (κ3) is 2.74. The number of anilines is 1. The van der Waals surface area contributed by atoms with Crippen molar-refractivity contribution in [3.63, 3.8) is 0 Å². The lowest BCUT2D eigenvalue weighted by Gasteiger charge is -2.32. The maximum Gasteiger partial charge on any atom is 0.272 e. The zero-order valence-corrected chi connectivity index (χ0v) is 13.9. The van der Waals surface area contributed by atoms with Gasteiger partial charge in [-0.25, -0.2) is 9.97 Å². The summed E-state index contributed by atoms with van der Waals surface area (Å²) >= 11 is 0. The van der Waals surface area contributed by atoms with Crippen molar-refractivity contribution in [3.05, 3.63) is 35.5 Å². The second kappa shape index (κ2) is 6.22. The largest absolute Gasteiger partial charge is 0.367 e. The summed E-state index contributed by atoms with van der Waals surface area (Å²) in [5.41, 5.74) is 3.12. The molecule has 2 aliphatic rings. The highest BCUT2D eigenvalue weighted by Crippen LogP contribution is 2.27. The van der Waals surface area contributed by atoms with Gasteiger partial charge >= 0.3 is 0 Å². The number of hydrogen-bond acceptors (Lipinski definition) is 5. The smallest absolute Gasteiger partial charge is 0.272 e. The number of rotatable bonds is 3. The van der Waals surface area contributed by atoms with E-state index in [2.05, 4.69) is 20.4 Å². The van der Waals surface area contributed by atoms with Gasteiger partial charge in [-0.05, 0) is 38.2 Å². The van der Waals surface area contributed by atoms with Crippen LogP contribution < -0.4 is 5.32 Å². The number of fused-ring (bicyclic) bond motifs is 1. The molecule has 1 amide bonds. The van der Waals surface area contributed by atoms with Gasteiger partial charge in [0.2, 0.25) is 0 Å². The second-order valence-electron chi connectivity index (χ2n) is 6.55. The van der Waals surface area contributed by atoms with Crippen molar-refractivity contribution in [1.82, 2.24) is 24.6 Å². The Morgan fingerprint density at radius 2 is 2.08 bits per heavy atom. The summed E-state index contributed by atoms with van der Waals surface area (Å²) in [5, 5.41) is 7.66. The number of carbonyl (C=O) groups excluding carboxylic acids is 1. The fourth-order valence-corrected chi connectivity index (χ4v) is 3.65. The molecule has 3 heterocycles. The zero-order chi connectivity index (χ0) is 16.5. The molecule has 0 atom stereocenters. The normalized spacial score (nSPS) is 17.8. The fourth-order valence-electron chi connectivity index (χ4n) is 3.65. The molecule has 2 aromatic rings. The highest BCUT2D eigenvalue weighted by atomic mass is 16.2. The Morgan fingerprint density at radius 3 is 2.83 bits per heavy atom. The van der Waals surface area contributed by atoms with Crippen molar-refractivity contribution < 1.29 is 4.79 Å². The number of likely N-dealkylation sites (tertiary alicyclic amines) is 1. The number of aryl methyl sites for hydroxylation is 2. The number of piperidine rings is 1. The molecule has 1 N–H and O–H groups in total. The van der Waals surface area contributed by atoms with Crippen LogP contribution in [0.3, 0.4) is 0 Å². The van der Waals surface area contributed by atoms with Crippen LogP contribution in [-0.4, -0.2) is 49.7 Å². The van der Waals surface area contributed by atoms with Crippen molar-refractivity contribution in [2.75, 3.05) is 18.4 Å². The average Bonchev–Trinajstić information content (AvgIpc) is 3.24. The molecule has 0 radical (unpaired) electrons. The molecule has 0 spiro atoms. The Kier molecular flexibility index (Phi) is 3.92. The number of aromatic nitrogens is 4. The lowest BCUT2D eigenvalue weighted by atomic mass is 10.0. The highest BCUT2D eigenvalue weighted by molar-refractivity contribution is 5.92. The van der Waals surface area contributed by atoms with Crippen molar-refractivity contribution in [2.45, 2.75) is 38.1 Å². The molecule has 7 heteroatoms. The van der Waals surface area contributed by atoms with Gasteiger partial charge in [0.05, 0.1) is 0 Å². The maximum atomic E-state index is 12.5. The molecule has 0 unspecified atom stereocenters. The van der Waals surface area contributed by atoms with E-state index in [9.17, 15) is 4.79 Å². The molecule has 0 aromatic carbocycles. The summed E-state index contributed by atoms with van der Waals surface area (Å²) in [7, 11) is 1.80. The van der Waals surface area contributed by atoms with E-state index in [1.165, 1.54) is 17.7 Å². The van der Waals surface area contributed by atoms with E-state index < -0.39 is 0 Å². The standard InChI is InChI=1S/C17H22N6O/c1-22-15(5-8-20-22)17(24)23-9-6-12(7-10-23)21-16-13-3-2-4-14(13)18-11-19-16/h5,8,11-12H,2-4,6-7,9-10H2,1H3,(H,18,19,21). The van der Waals surface area contributed by atoms with Crippen LogP contribution in [-0.2, 0) is 19.9 Å². The molecular weight excluding hydrogens is 304 g/mol. The molecule has 1 saturated heterocycles. The van der Waals surface area contributed by atoms with Gasteiger partial charge in [-0.1, -0.05) is 0 Å². The molecule has 7 nitrogen and oxygen atoms in total. The van der Waals surface area contributed by atoms with Gasteiger partial charge in [-0.2, -0.15) is 5.10 Å². The van der Waals surface area contributed by atoms with Gasteiger partial charge in [0.15, 0.2) is 0 Å². The van der Waals surface area contributed by atoms with Gasteiger partial charge in [0.1, 0.15) is 17.8 Å². The summed E-state index contributed by atoms with van der Waals surface area (Å²) in [6.07, 6.45) is 8.48. The predicted molar refractivity (Wildman–Crippen MR) is 89.8 cm³/mol. The first-order valence-corrected chi connectivity index (χ1v) is 8.59. The van der Waals surface area contributed by atoms with Crippen LogP contribution in [0.4, 0.5) is 5.82 Å². The number of nitrogens with one attached hydrogen (secondary N) is 1. The van der Waals surface area contributed by atoms with Crippen LogP contribution in [0.15, 0.2) is 18.6 Å². The lowest BCUT2D eigenvalue weighted by molar-refractivity contribution is 0.0707. The number of carbonyl (C=O) groups is 1. The SMILES string of the molecule is Cn1nccc1C(=O)N1CCC(Nc2ncnc3c2CCC3)CC1. The Hall–Kier alpha value is -2.44. The van der Waals surface area contributed by atoms with E-state index in [1.807, 2.05) is 4.90 Å². The highest BCUT2D eigenvalue weighted by Gasteiger charge is 2.26. The van der Waals surface area contributed by atoms with E-state index in [4.69, 9.17) is 0 Å². The van der Waals surface area contributed by atoms with Crippen LogP contribution in [0, 0.1) is 0 Å². The van der Waals surface area contributed by atoms with Gasteiger partial charge in [0, 0.05) is 43.6 Å². The summed E-state index contributed by atoms with van der Waals surface area (Å²) in [6, 6.07) is 2.14. The topological polar surface area (TPSA) is 75.9 Å². The number of hydrogen-bond donors (Lipinski definition) is 1. The number of nitrogens with zero attached hydrogens (tertiary/aromatic N) is 5. The maximum absolute atomic E-state index is 12.5. The van der Waals surface area contributed by atoms with Crippen LogP contribution in [0.25, 0.3) is 0 Å². The molecule has 1 fully saturated rings. The first kappa shape index (κ1) is 15.1. The van der Waals surface area contributed by atoms with E-state index in [0.717, 1.165) is 44.6 Å². The van der Waals surface area contributed by atoms with Gasteiger partial charge in [0.25, 0.3) is 5.91 Å². The minimum atomic E-state index is 0.0661. The van der Waals surface area contributed by atoms with Gasteiger partial charge in [-0.15, -0.1) is 0 Å². The van der Waals surface area contributed by atoms with Crippen molar-refractivity contribution in [2.24, 2.45) is 7.05 Å². The fraction of sp³-hybridized carbons (Fsp3) is 0.529. The molecule has 0 saturated carbocycles. The zero-order valence-electron chi connectivity index (χ0n) is 13.9. The lowest BCUT2D eigenvalue weighted by Crippen LogP contribution is -2.43. The monoisotopic (exact) mass is 326 g/mol. The first-order chi connectivity index (χ1) is 11.7. The van der Waals surface area contributed by atoms with Crippen molar-refractivity contribution >= 4 is 11.7 Å². The van der Waals surface area contributed by atoms with E-state index in [0.29, 0.717) is 11.7 Å². The summed E-state index contributed by atoms with van der Waals surface area (Å²) in [4.78, 5) is 23.2. The Morgan fingerprint density at radius 1 is 1.25 bits per heavy atom. The summed E-state index contributed by atoms with van der Waals surface area (Å²) < 4.78 is 1.64. The van der Waals surface area contributed by atoms with Gasteiger partial charge in [-0.3, -0.25) is 9.48 Å². The quantitative estimate of drug-likeness (QED) is 0.923. The van der Waals surface area contributed by atoms with Crippen LogP contribution >= 0.6 is 0 Å². The minimum absolute atomic E-state index is 0.0661. The molecule has 126 valence electrons. The average molecular weight is 326 g/mol. The first-order valence-electron chi connectivity index (χ1n) is 8.59. The summed E-state index contributed by atoms with van der Waals surface area (Å²) in [5.74, 6) is 1.06. The Bertz CT molecular complexity index is 747.